The molecular formula is C44H58CaO10S2. The molecule has 0 unspecified atom stereocenters. The van der Waals surface area contributed by atoms with Gasteiger partial charge in [-0.15, -0.1) is 5.75 Å². The first kappa shape index (κ1) is 50.3. The van der Waals surface area contributed by atoms with Crippen molar-refractivity contribution in [1.29, 1.82) is 0 Å². The van der Waals surface area contributed by atoms with Crippen molar-refractivity contribution in [3.8, 4) is 34.5 Å². The van der Waals surface area contributed by atoms with Gasteiger partial charge in [0.25, 0.3) is 10.1 Å². The van der Waals surface area contributed by atoms with Crippen molar-refractivity contribution >= 4 is 58.0 Å². The van der Waals surface area contributed by atoms with Crippen LogP contribution in [0.1, 0.15) is 128 Å². The van der Waals surface area contributed by atoms with Crippen LogP contribution in [-0.4, -0.2) is 68.8 Å². The molecule has 4 aromatic rings. The largest absolute Gasteiger partial charge is 2.00 e. The van der Waals surface area contributed by atoms with Gasteiger partial charge in [-0.05, 0) is 73.2 Å². The van der Waals surface area contributed by atoms with Gasteiger partial charge in [0.05, 0.1) is 4.90 Å². The van der Waals surface area contributed by atoms with Crippen LogP contribution >= 0.6 is 0 Å². The molecule has 0 aliphatic heterocycles. The molecule has 0 heterocycles. The number of aryl methyl sites for hydroxylation is 2. The summed E-state index contributed by atoms with van der Waals surface area (Å²) in [5, 5.41) is 21.0. The van der Waals surface area contributed by atoms with Crippen LogP contribution in [0.25, 0.3) is 0 Å². The Hall–Kier alpha value is -2.84. The van der Waals surface area contributed by atoms with Gasteiger partial charge in [0, 0.05) is 6.07 Å². The number of phenolic OH excluding ortho intramolecular Hbond substituents is 1. The number of ether oxygens (including phenoxy) is 2. The Labute approximate surface area is 370 Å². The average Bonchev–Trinajstić information content (AvgIpc) is 3.16. The molecule has 0 aliphatic rings. The molecule has 0 aliphatic carbocycles. The molecule has 0 amide bonds. The first-order chi connectivity index (χ1) is 26.8. The summed E-state index contributed by atoms with van der Waals surface area (Å²) in [6.07, 6.45) is 21.3. The Balaban J connectivity index is 0.000000387. The van der Waals surface area contributed by atoms with E-state index in [9.17, 15) is 36.2 Å². The predicted molar refractivity (Wildman–Crippen MR) is 223 cm³/mol. The van der Waals surface area contributed by atoms with Gasteiger partial charge in [-0.25, -0.2) is 8.42 Å². The number of benzene rings is 4. The Bertz CT molecular complexity index is 1840. The Morgan fingerprint density at radius 3 is 1.37 bits per heavy atom. The summed E-state index contributed by atoms with van der Waals surface area (Å²) in [6, 6.07) is 21.7. The normalized spacial score (nSPS) is 11.3. The van der Waals surface area contributed by atoms with E-state index in [2.05, 4.69) is 13.8 Å². The fraction of sp³-hybridized carbons (Fsp3) is 0.455. The fourth-order valence-electron chi connectivity index (χ4n) is 6.31. The quantitative estimate of drug-likeness (QED) is 0.0392. The van der Waals surface area contributed by atoms with Crippen LogP contribution in [0.2, 0.25) is 0 Å². The number of hydrogen-bond donors (Lipinski definition) is 2. The molecule has 13 heteroatoms. The van der Waals surface area contributed by atoms with E-state index >= 15 is 0 Å². The zero-order valence-electron chi connectivity index (χ0n) is 33.5. The molecular weight excluding hydrogens is 793 g/mol. The van der Waals surface area contributed by atoms with Crippen LogP contribution in [0.4, 0.5) is 0 Å². The summed E-state index contributed by atoms with van der Waals surface area (Å²) < 4.78 is 78.4. The number of para-hydroxylation sites is 2. The molecule has 4 aromatic carbocycles. The second kappa shape index (κ2) is 27.0. The standard InChI is InChI=1S/2C22H30O5S.Ca/c2*1-2-3-4-5-6-7-8-9-12-18-13-10-11-14-20(18)27-21-16-15-19(23)17-22(21)28(24,25)26;/h2*10-11,13-17,23H,2-9,12H2,1H3,(H,24,25,26);/q;;+2/p-2. The molecule has 10 nitrogen and oxygen atoms in total. The van der Waals surface area contributed by atoms with Crippen molar-refractivity contribution in [3.05, 3.63) is 96.1 Å². The molecule has 0 bridgehead atoms. The summed E-state index contributed by atoms with van der Waals surface area (Å²) >= 11 is 0. The first-order valence-electron chi connectivity index (χ1n) is 19.9. The van der Waals surface area contributed by atoms with Crippen LogP contribution in [0.15, 0.2) is 94.7 Å². The van der Waals surface area contributed by atoms with Gasteiger partial charge in [-0.3, -0.25) is 4.55 Å². The van der Waals surface area contributed by atoms with Crippen molar-refractivity contribution in [2.45, 2.75) is 139 Å². The number of aromatic hydroxyl groups is 1. The van der Waals surface area contributed by atoms with Crippen molar-refractivity contribution in [3.63, 3.8) is 0 Å². The van der Waals surface area contributed by atoms with Crippen LogP contribution in [0.3, 0.4) is 0 Å². The number of unbranched alkanes of at least 4 members (excludes halogenated alkanes) is 14. The van der Waals surface area contributed by atoms with Crippen molar-refractivity contribution < 1.29 is 45.6 Å². The maximum absolute atomic E-state index is 11.6. The summed E-state index contributed by atoms with van der Waals surface area (Å²) in [4.78, 5) is -1.07. The number of rotatable bonds is 24. The van der Waals surface area contributed by atoms with Crippen molar-refractivity contribution in [1.82, 2.24) is 0 Å². The van der Waals surface area contributed by atoms with E-state index in [0.717, 1.165) is 61.8 Å². The molecule has 0 radical (unpaired) electrons. The van der Waals surface area contributed by atoms with E-state index in [4.69, 9.17) is 9.47 Å². The predicted octanol–water partition coefficient (Wildman–Crippen LogP) is 10.9. The summed E-state index contributed by atoms with van der Waals surface area (Å²) in [5.41, 5.74) is 1.94. The molecule has 57 heavy (non-hydrogen) atoms. The Morgan fingerprint density at radius 2 is 0.930 bits per heavy atom. The Morgan fingerprint density at radius 1 is 0.526 bits per heavy atom. The SMILES string of the molecule is CCCCCCCCCCc1ccccc1Oc1ccc(O)cc1S(=O)(=O)O.CCCCCCCCCCc1ccccc1Oc1ccc([O-])cc1S(=O)(=O)[O-].[Ca+2]. The second-order valence-corrected chi connectivity index (χ2v) is 16.8. The van der Waals surface area contributed by atoms with Gasteiger partial charge in [-0.1, -0.05) is 146 Å². The molecule has 0 atom stereocenters. The average molecular weight is 851 g/mol. The zero-order chi connectivity index (χ0) is 40.8. The van der Waals surface area contributed by atoms with Crippen LogP contribution in [0, 0.1) is 0 Å². The minimum absolute atomic E-state index is 0. The smallest absolute Gasteiger partial charge is 0.872 e. The van der Waals surface area contributed by atoms with Gasteiger partial charge < -0.3 is 24.2 Å². The van der Waals surface area contributed by atoms with Crippen LogP contribution in [-0.2, 0) is 33.1 Å². The minimum atomic E-state index is -4.80. The van der Waals surface area contributed by atoms with Crippen LogP contribution < -0.4 is 14.6 Å². The topological polar surface area (TPSA) is 173 Å². The van der Waals surface area contributed by atoms with E-state index in [1.807, 2.05) is 30.3 Å². The third kappa shape index (κ3) is 19.2. The van der Waals surface area contributed by atoms with E-state index in [1.165, 1.54) is 101 Å². The fourth-order valence-corrected chi connectivity index (χ4v) is 7.56. The molecule has 308 valence electrons. The van der Waals surface area contributed by atoms with Crippen LogP contribution in [0.5, 0.6) is 34.5 Å². The Kier molecular flexibility index (Phi) is 23.8. The molecule has 0 saturated carbocycles. The summed E-state index contributed by atoms with van der Waals surface area (Å²) in [5.74, 6) is 0.137. The summed E-state index contributed by atoms with van der Waals surface area (Å²) in [6.45, 7) is 4.43. The van der Waals surface area contributed by atoms with E-state index in [1.54, 1.807) is 18.2 Å². The van der Waals surface area contributed by atoms with E-state index in [-0.39, 0.29) is 55.0 Å². The molecule has 0 saturated heterocycles. The monoisotopic (exact) mass is 850 g/mol. The van der Waals surface area contributed by atoms with E-state index < -0.39 is 35.8 Å². The molecule has 0 fully saturated rings. The maximum atomic E-state index is 11.6. The van der Waals surface area contributed by atoms with Gasteiger partial charge in [0.15, 0.2) is 0 Å². The van der Waals surface area contributed by atoms with Crippen molar-refractivity contribution in [2.75, 3.05) is 0 Å². The van der Waals surface area contributed by atoms with E-state index in [0.29, 0.717) is 11.5 Å². The maximum Gasteiger partial charge on any atom is 2.00 e. The number of phenols is 1. The van der Waals surface area contributed by atoms with Gasteiger partial charge >= 0.3 is 37.7 Å². The molecule has 0 aromatic heterocycles. The van der Waals surface area contributed by atoms with Gasteiger partial charge in [0.1, 0.15) is 43.8 Å². The summed E-state index contributed by atoms with van der Waals surface area (Å²) in [7, 11) is -9.31. The first-order valence-corrected chi connectivity index (χ1v) is 22.8. The minimum Gasteiger partial charge on any atom is -0.872 e. The van der Waals surface area contributed by atoms with Gasteiger partial charge in [-0.2, -0.15) is 8.42 Å². The zero-order valence-corrected chi connectivity index (χ0v) is 37.3. The molecule has 4 rings (SSSR count). The molecule has 2 N–H and O–H groups in total. The molecule has 0 spiro atoms. The van der Waals surface area contributed by atoms with Crippen molar-refractivity contribution in [2.24, 2.45) is 0 Å². The second-order valence-electron chi connectivity index (χ2n) is 14.0. The van der Waals surface area contributed by atoms with Gasteiger partial charge in [0.2, 0.25) is 0 Å². The number of hydrogen-bond acceptors (Lipinski definition) is 9. The third-order valence-electron chi connectivity index (χ3n) is 9.37. The third-order valence-corrected chi connectivity index (χ3v) is 11.1.